The minimum Gasteiger partial charge on any atom is -0.381 e. The molecule has 0 bridgehead atoms. The summed E-state index contributed by atoms with van der Waals surface area (Å²) in [5, 5.41) is 3.55. The van der Waals surface area contributed by atoms with Gasteiger partial charge in [-0.2, -0.15) is 0 Å². The molecule has 4 nitrogen and oxygen atoms in total. The lowest BCUT2D eigenvalue weighted by atomic mass is 9.89. The number of aromatic nitrogens is 2. The summed E-state index contributed by atoms with van der Waals surface area (Å²) in [5.74, 6) is 0. The Morgan fingerprint density at radius 2 is 2.11 bits per heavy atom. The van der Waals surface area contributed by atoms with Gasteiger partial charge in [-0.05, 0) is 30.5 Å². The fourth-order valence-electron chi connectivity index (χ4n) is 2.38. The Morgan fingerprint density at radius 3 is 2.74 bits per heavy atom. The maximum atomic E-state index is 5.28. The second kappa shape index (κ2) is 5.55. The Labute approximate surface area is 113 Å². The SMILES string of the molecule is COC1CC(NCc2ccc(-n3ccnc3)cc2)C1. The zero-order chi connectivity index (χ0) is 13.1. The first-order valence-electron chi connectivity index (χ1n) is 6.68. The average Bonchev–Trinajstić information content (AvgIpc) is 2.92. The van der Waals surface area contributed by atoms with Crippen molar-refractivity contribution in [2.24, 2.45) is 0 Å². The lowest BCUT2D eigenvalue weighted by Gasteiger charge is -2.34. The number of methoxy groups -OCH3 is 1. The first kappa shape index (κ1) is 12.4. The van der Waals surface area contributed by atoms with Crippen molar-refractivity contribution in [2.75, 3.05) is 7.11 Å². The third-order valence-corrected chi connectivity index (χ3v) is 3.76. The van der Waals surface area contributed by atoms with Crippen LogP contribution in [0.5, 0.6) is 0 Å². The summed E-state index contributed by atoms with van der Waals surface area (Å²) in [7, 11) is 1.79. The molecule has 1 heterocycles. The molecule has 3 rings (SSSR count). The summed E-state index contributed by atoms with van der Waals surface area (Å²) in [6, 6.07) is 9.18. The first-order valence-corrected chi connectivity index (χ1v) is 6.68. The summed E-state index contributed by atoms with van der Waals surface area (Å²) in [6.45, 7) is 0.922. The van der Waals surface area contributed by atoms with E-state index in [9.17, 15) is 0 Å². The molecular formula is C15H19N3O. The molecule has 1 aliphatic rings. The van der Waals surface area contributed by atoms with E-state index in [0.29, 0.717) is 12.1 Å². The molecule has 1 aromatic heterocycles. The van der Waals surface area contributed by atoms with Gasteiger partial charge in [0.25, 0.3) is 0 Å². The summed E-state index contributed by atoms with van der Waals surface area (Å²) >= 11 is 0. The van der Waals surface area contributed by atoms with E-state index in [4.69, 9.17) is 4.74 Å². The average molecular weight is 257 g/mol. The minimum absolute atomic E-state index is 0.459. The van der Waals surface area contributed by atoms with E-state index in [2.05, 4.69) is 34.6 Å². The molecule has 100 valence electrons. The van der Waals surface area contributed by atoms with Crippen molar-refractivity contribution in [3.8, 4) is 5.69 Å². The highest BCUT2D eigenvalue weighted by Gasteiger charge is 2.28. The molecule has 0 amide bonds. The fourth-order valence-corrected chi connectivity index (χ4v) is 2.38. The molecule has 0 radical (unpaired) electrons. The predicted octanol–water partition coefficient (Wildman–Crippen LogP) is 2.14. The molecule has 0 unspecified atom stereocenters. The zero-order valence-electron chi connectivity index (χ0n) is 11.1. The molecule has 4 heteroatoms. The highest BCUT2D eigenvalue weighted by molar-refractivity contribution is 5.34. The summed E-state index contributed by atoms with van der Waals surface area (Å²) in [6.07, 6.45) is 8.27. The number of nitrogens with one attached hydrogen (secondary N) is 1. The zero-order valence-corrected chi connectivity index (χ0v) is 11.1. The number of ether oxygens (including phenoxy) is 1. The van der Waals surface area contributed by atoms with Gasteiger partial charge in [0.15, 0.2) is 0 Å². The van der Waals surface area contributed by atoms with Crippen molar-refractivity contribution in [1.29, 1.82) is 0 Å². The largest absolute Gasteiger partial charge is 0.381 e. The van der Waals surface area contributed by atoms with Gasteiger partial charge in [-0.15, -0.1) is 0 Å². The van der Waals surface area contributed by atoms with E-state index < -0.39 is 0 Å². The standard InChI is InChI=1S/C15H19N3O/c1-19-15-8-13(9-15)17-10-12-2-4-14(5-3-12)18-7-6-16-11-18/h2-7,11,13,15,17H,8-10H2,1H3. The van der Waals surface area contributed by atoms with Gasteiger partial charge in [0.05, 0.1) is 12.4 Å². The van der Waals surface area contributed by atoms with Crippen LogP contribution in [0.4, 0.5) is 0 Å². The van der Waals surface area contributed by atoms with Crippen molar-refractivity contribution in [3.63, 3.8) is 0 Å². The third kappa shape index (κ3) is 2.85. The van der Waals surface area contributed by atoms with Crippen LogP contribution in [0, 0.1) is 0 Å². The molecule has 19 heavy (non-hydrogen) atoms. The van der Waals surface area contributed by atoms with E-state index in [1.807, 2.05) is 17.1 Å². The highest BCUT2D eigenvalue weighted by Crippen LogP contribution is 2.22. The van der Waals surface area contributed by atoms with Crippen LogP contribution in [0.3, 0.4) is 0 Å². The smallest absolute Gasteiger partial charge is 0.0991 e. The molecule has 1 aliphatic carbocycles. The summed E-state index contributed by atoms with van der Waals surface area (Å²) in [5.41, 5.74) is 2.45. The predicted molar refractivity (Wildman–Crippen MR) is 74.2 cm³/mol. The molecule has 0 atom stereocenters. The van der Waals surface area contributed by atoms with Crippen LogP contribution in [0.1, 0.15) is 18.4 Å². The van der Waals surface area contributed by atoms with Gasteiger partial charge >= 0.3 is 0 Å². The van der Waals surface area contributed by atoms with Crippen molar-refractivity contribution in [2.45, 2.75) is 31.5 Å². The lowest BCUT2D eigenvalue weighted by molar-refractivity contribution is 0.0170. The highest BCUT2D eigenvalue weighted by atomic mass is 16.5. The molecule has 1 fully saturated rings. The molecule has 1 aromatic carbocycles. The fraction of sp³-hybridized carbons (Fsp3) is 0.400. The number of nitrogens with zero attached hydrogens (tertiary/aromatic N) is 2. The second-order valence-electron chi connectivity index (χ2n) is 5.04. The van der Waals surface area contributed by atoms with Gasteiger partial charge in [-0.3, -0.25) is 0 Å². The Kier molecular flexibility index (Phi) is 3.62. The van der Waals surface area contributed by atoms with Crippen molar-refractivity contribution in [1.82, 2.24) is 14.9 Å². The number of benzene rings is 1. The van der Waals surface area contributed by atoms with Gasteiger partial charge < -0.3 is 14.6 Å². The van der Waals surface area contributed by atoms with Gasteiger partial charge in [0, 0.05) is 37.8 Å². The van der Waals surface area contributed by atoms with Crippen LogP contribution in [0.2, 0.25) is 0 Å². The lowest BCUT2D eigenvalue weighted by Crippen LogP contribution is -2.44. The van der Waals surface area contributed by atoms with Crippen molar-refractivity contribution in [3.05, 3.63) is 48.5 Å². The molecule has 0 spiro atoms. The number of hydrogen-bond donors (Lipinski definition) is 1. The van der Waals surface area contributed by atoms with Gasteiger partial charge in [-0.1, -0.05) is 12.1 Å². The van der Waals surface area contributed by atoms with E-state index in [1.54, 1.807) is 13.3 Å². The topological polar surface area (TPSA) is 39.1 Å². The van der Waals surface area contributed by atoms with E-state index >= 15 is 0 Å². The first-order chi connectivity index (χ1) is 9.35. The molecule has 1 N–H and O–H groups in total. The van der Waals surface area contributed by atoms with Crippen molar-refractivity contribution >= 4 is 0 Å². The van der Waals surface area contributed by atoms with Crippen LogP contribution in [0.25, 0.3) is 5.69 Å². The number of imidazole rings is 1. The number of rotatable bonds is 5. The summed E-state index contributed by atoms with van der Waals surface area (Å²) in [4.78, 5) is 4.05. The van der Waals surface area contributed by atoms with Crippen LogP contribution in [-0.2, 0) is 11.3 Å². The van der Waals surface area contributed by atoms with E-state index in [-0.39, 0.29) is 0 Å². The summed E-state index contributed by atoms with van der Waals surface area (Å²) < 4.78 is 7.28. The van der Waals surface area contributed by atoms with Crippen LogP contribution in [0.15, 0.2) is 43.0 Å². The van der Waals surface area contributed by atoms with Crippen LogP contribution >= 0.6 is 0 Å². The maximum absolute atomic E-state index is 5.28. The number of hydrogen-bond acceptors (Lipinski definition) is 3. The molecular weight excluding hydrogens is 238 g/mol. The molecule has 2 aromatic rings. The normalized spacial score (nSPS) is 22.2. The van der Waals surface area contributed by atoms with Gasteiger partial charge in [0.2, 0.25) is 0 Å². The Morgan fingerprint density at radius 1 is 1.32 bits per heavy atom. The Balaban J connectivity index is 1.52. The molecule has 0 saturated heterocycles. The monoisotopic (exact) mass is 257 g/mol. The quantitative estimate of drug-likeness (QED) is 0.892. The second-order valence-corrected chi connectivity index (χ2v) is 5.04. The van der Waals surface area contributed by atoms with Crippen LogP contribution < -0.4 is 5.32 Å². The van der Waals surface area contributed by atoms with E-state index in [1.165, 1.54) is 5.56 Å². The minimum atomic E-state index is 0.459. The Bertz CT molecular complexity index is 501. The van der Waals surface area contributed by atoms with Crippen LogP contribution in [-0.4, -0.2) is 28.8 Å². The Hall–Kier alpha value is -1.65. The molecule has 0 aliphatic heterocycles. The van der Waals surface area contributed by atoms with E-state index in [0.717, 1.165) is 25.1 Å². The molecule has 1 saturated carbocycles. The van der Waals surface area contributed by atoms with Crippen molar-refractivity contribution < 1.29 is 4.74 Å². The van der Waals surface area contributed by atoms with Gasteiger partial charge in [-0.25, -0.2) is 4.98 Å². The maximum Gasteiger partial charge on any atom is 0.0991 e. The third-order valence-electron chi connectivity index (χ3n) is 3.76. The van der Waals surface area contributed by atoms with Gasteiger partial charge in [0.1, 0.15) is 0 Å².